The second kappa shape index (κ2) is 6.69. The predicted octanol–water partition coefficient (Wildman–Crippen LogP) is 3.62. The zero-order valence-electron chi connectivity index (χ0n) is 13.4. The zero-order chi connectivity index (χ0) is 16.2. The summed E-state index contributed by atoms with van der Waals surface area (Å²) in [5, 5.41) is 0. The lowest BCUT2D eigenvalue weighted by atomic mass is 10.1. The van der Waals surface area contributed by atoms with Crippen molar-refractivity contribution in [3.8, 4) is 0 Å². The molecule has 1 aliphatic heterocycles. The van der Waals surface area contributed by atoms with Crippen LogP contribution in [0.4, 0.5) is 5.69 Å². The first-order valence-corrected chi connectivity index (χ1v) is 8.04. The molecule has 118 valence electrons. The van der Waals surface area contributed by atoms with E-state index in [1.54, 1.807) is 0 Å². The molecule has 1 heterocycles. The quantitative estimate of drug-likeness (QED) is 0.877. The van der Waals surface area contributed by atoms with E-state index in [9.17, 15) is 4.79 Å². The molecule has 0 saturated carbocycles. The largest absolute Gasteiger partial charge is 0.368 e. The van der Waals surface area contributed by atoms with Crippen LogP contribution >= 0.6 is 0 Å². The Bertz CT molecular complexity index is 719. The molecule has 2 aromatic carbocycles. The molecule has 23 heavy (non-hydrogen) atoms. The van der Waals surface area contributed by atoms with Gasteiger partial charge in [-0.15, -0.1) is 0 Å². The van der Waals surface area contributed by atoms with Gasteiger partial charge in [-0.05, 0) is 43.0 Å². The summed E-state index contributed by atoms with van der Waals surface area (Å²) in [6.07, 6.45) is 6.09. The van der Waals surface area contributed by atoms with E-state index in [1.807, 2.05) is 0 Å². The Balaban J connectivity index is 1.73. The summed E-state index contributed by atoms with van der Waals surface area (Å²) in [5.41, 5.74) is 10.2. The van der Waals surface area contributed by atoms with Gasteiger partial charge < -0.3 is 10.6 Å². The Morgan fingerprint density at radius 1 is 1.13 bits per heavy atom. The van der Waals surface area contributed by atoms with Crippen molar-refractivity contribution in [2.45, 2.75) is 25.8 Å². The molecule has 2 N–H and O–H groups in total. The summed E-state index contributed by atoms with van der Waals surface area (Å²) in [7, 11) is 0. The standard InChI is InChI=1S/C20H22N2O/c1-15-4-2-5-17(14-15)8-7-16-9-11-18(12-10-16)22-13-3-6-19(22)20(21)23/h2,4-5,7-12,14,19H,3,6,13H2,1H3,(H2,21,23)/b8-7+/t19-/m1/s1. The van der Waals surface area contributed by atoms with Crippen LogP contribution < -0.4 is 10.6 Å². The van der Waals surface area contributed by atoms with Crippen molar-refractivity contribution in [3.63, 3.8) is 0 Å². The van der Waals surface area contributed by atoms with Gasteiger partial charge in [-0.1, -0.05) is 54.1 Å². The minimum atomic E-state index is -0.231. The van der Waals surface area contributed by atoms with E-state index < -0.39 is 0 Å². The maximum atomic E-state index is 11.5. The smallest absolute Gasteiger partial charge is 0.240 e. The van der Waals surface area contributed by atoms with Crippen molar-refractivity contribution in [3.05, 3.63) is 65.2 Å². The van der Waals surface area contributed by atoms with Gasteiger partial charge in [-0.3, -0.25) is 4.79 Å². The van der Waals surface area contributed by atoms with Crippen LogP contribution in [0.1, 0.15) is 29.5 Å². The van der Waals surface area contributed by atoms with Crippen LogP contribution in [0.5, 0.6) is 0 Å². The number of aryl methyl sites for hydroxylation is 1. The fourth-order valence-electron chi connectivity index (χ4n) is 3.11. The lowest BCUT2D eigenvalue weighted by Gasteiger charge is -2.24. The van der Waals surface area contributed by atoms with Gasteiger partial charge in [0, 0.05) is 12.2 Å². The van der Waals surface area contributed by atoms with Gasteiger partial charge in [-0.25, -0.2) is 0 Å². The fraction of sp³-hybridized carbons (Fsp3) is 0.250. The molecule has 0 spiro atoms. The summed E-state index contributed by atoms with van der Waals surface area (Å²) in [4.78, 5) is 13.6. The van der Waals surface area contributed by atoms with Gasteiger partial charge in [0.2, 0.25) is 5.91 Å². The number of carbonyl (C=O) groups excluding carboxylic acids is 1. The fourth-order valence-corrected chi connectivity index (χ4v) is 3.11. The number of nitrogens with two attached hydrogens (primary N) is 1. The minimum Gasteiger partial charge on any atom is -0.368 e. The number of amides is 1. The molecule has 1 atom stereocenters. The Kier molecular flexibility index (Phi) is 4.47. The van der Waals surface area contributed by atoms with E-state index in [1.165, 1.54) is 11.1 Å². The molecule has 0 unspecified atom stereocenters. The molecular formula is C20H22N2O. The number of hydrogen-bond acceptors (Lipinski definition) is 2. The lowest BCUT2D eigenvalue weighted by Crippen LogP contribution is -2.40. The third-order valence-electron chi connectivity index (χ3n) is 4.32. The SMILES string of the molecule is Cc1cccc(/C=C/c2ccc(N3CCC[C@@H]3C(N)=O)cc2)c1. The van der Waals surface area contributed by atoms with Gasteiger partial charge in [0.25, 0.3) is 0 Å². The molecule has 1 aliphatic rings. The van der Waals surface area contributed by atoms with E-state index in [2.05, 4.69) is 72.5 Å². The van der Waals surface area contributed by atoms with Gasteiger partial charge in [0.05, 0.1) is 0 Å². The number of rotatable bonds is 4. The van der Waals surface area contributed by atoms with Crippen molar-refractivity contribution >= 4 is 23.7 Å². The maximum absolute atomic E-state index is 11.5. The number of anilines is 1. The van der Waals surface area contributed by atoms with E-state index in [4.69, 9.17) is 5.73 Å². The number of hydrogen-bond donors (Lipinski definition) is 1. The third-order valence-corrected chi connectivity index (χ3v) is 4.32. The van der Waals surface area contributed by atoms with Gasteiger partial charge in [0.1, 0.15) is 6.04 Å². The second-order valence-corrected chi connectivity index (χ2v) is 6.09. The first-order chi connectivity index (χ1) is 11.1. The molecule has 3 nitrogen and oxygen atoms in total. The maximum Gasteiger partial charge on any atom is 0.240 e. The van der Waals surface area contributed by atoms with E-state index in [0.717, 1.165) is 30.6 Å². The normalized spacial score (nSPS) is 17.8. The summed E-state index contributed by atoms with van der Waals surface area (Å²) in [6, 6.07) is 16.5. The molecule has 0 aromatic heterocycles. The highest BCUT2D eigenvalue weighted by Crippen LogP contribution is 2.26. The van der Waals surface area contributed by atoms with Crippen LogP contribution in [-0.4, -0.2) is 18.5 Å². The van der Waals surface area contributed by atoms with E-state index >= 15 is 0 Å². The molecule has 1 amide bonds. The molecule has 2 aromatic rings. The van der Waals surface area contributed by atoms with E-state index in [0.29, 0.717) is 0 Å². The number of carbonyl (C=O) groups is 1. The number of primary amides is 1. The van der Waals surface area contributed by atoms with Gasteiger partial charge >= 0.3 is 0 Å². The minimum absolute atomic E-state index is 0.163. The number of benzene rings is 2. The van der Waals surface area contributed by atoms with Crippen LogP contribution in [0.25, 0.3) is 12.2 Å². The van der Waals surface area contributed by atoms with Crippen molar-refractivity contribution in [1.29, 1.82) is 0 Å². The topological polar surface area (TPSA) is 46.3 Å². The molecule has 3 rings (SSSR count). The van der Waals surface area contributed by atoms with E-state index in [-0.39, 0.29) is 11.9 Å². The number of nitrogens with zero attached hydrogens (tertiary/aromatic N) is 1. The Hall–Kier alpha value is -2.55. The van der Waals surface area contributed by atoms with Crippen LogP contribution in [0.2, 0.25) is 0 Å². The molecule has 1 saturated heterocycles. The molecule has 0 bridgehead atoms. The average Bonchev–Trinajstić information content (AvgIpc) is 3.03. The third kappa shape index (κ3) is 3.62. The zero-order valence-corrected chi connectivity index (χ0v) is 13.4. The first-order valence-electron chi connectivity index (χ1n) is 8.04. The van der Waals surface area contributed by atoms with Crippen LogP contribution in [0, 0.1) is 6.92 Å². The van der Waals surface area contributed by atoms with Crippen molar-refractivity contribution in [2.24, 2.45) is 5.73 Å². The molecule has 1 fully saturated rings. The second-order valence-electron chi connectivity index (χ2n) is 6.09. The van der Waals surface area contributed by atoms with Crippen LogP contribution in [0.3, 0.4) is 0 Å². The van der Waals surface area contributed by atoms with Gasteiger partial charge in [-0.2, -0.15) is 0 Å². The van der Waals surface area contributed by atoms with Crippen molar-refractivity contribution in [2.75, 3.05) is 11.4 Å². The highest BCUT2D eigenvalue weighted by Gasteiger charge is 2.28. The average molecular weight is 306 g/mol. The monoisotopic (exact) mass is 306 g/mol. The van der Waals surface area contributed by atoms with Gasteiger partial charge in [0.15, 0.2) is 0 Å². The van der Waals surface area contributed by atoms with Crippen molar-refractivity contribution in [1.82, 2.24) is 0 Å². The highest BCUT2D eigenvalue weighted by molar-refractivity contribution is 5.84. The molecule has 0 aliphatic carbocycles. The predicted molar refractivity (Wildman–Crippen MR) is 96.1 cm³/mol. The van der Waals surface area contributed by atoms with Crippen LogP contribution in [-0.2, 0) is 4.79 Å². The van der Waals surface area contributed by atoms with Crippen LogP contribution in [0.15, 0.2) is 48.5 Å². The Labute approximate surface area is 137 Å². The molecular weight excluding hydrogens is 284 g/mol. The Morgan fingerprint density at radius 3 is 2.57 bits per heavy atom. The lowest BCUT2D eigenvalue weighted by molar-refractivity contribution is -0.119. The Morgan fingerprint density at radius 2 is 1.87 bits per heavy atom. The summed E-state index contributed by atoms with van der Waals surface area (Å²) < 4.78 is 0. The molecule has 0 radical (unpaired) electrons. The molecule has 3 heteroatoms. The highest BCUT2D eigenvalue weighted by atomic mass is 16.1. The summed E-state index contributed by atoms with van der Waals surface area (Å²) in [5.74, 6) is -0.231. The summed E-state index contributed by atoms with van der Waals surface area (Å²) >= 11 is 0. The first kappa shape index (κ1) is 15.3. The van der Waals surface area contributed by atoms with Crippen molar-refractivity contribution < 1.29 is 4.79 Å². The summed E-state index contributed by atoms with van der Waals surface area (Å²) in [6.45, 7) is 2.99.